The van der Waals surface area contributed by atoms with E-state index in [2.05, 4.69) is 6.92 Å². The van der Waals surface area contributed by atoms with E-state index in [9.17, 15) is 5.11 Å². The van der Waals surface area contributed by atoms with Crippen LogP contribution < -0.4 is 0 Å². The fraction of sp³-hybridized carbons (Fsp3) is 1.00. The van der Waals surface area contributed by atoms with Crippen LogP contribution in [0.25, 0.3) is 0 Å². The molecule has 2 nitrogen and oxygen atoms in total. The third kappa shape index (κ3) is 2.96. The predicted molar refractivity (Wildman–Crippen MR) is 53.6 cm³/mol. The number of rotatable bonds is 3. The van der Waals surface area contributed by atoms with Crippen LogP contribution in [0.2, 0.25) is 0 Å². The lowest BCUT2D eigenvalue weighted by atomic mass is 9.75. The average Bonchev–Trinajstić information content (AvgIpc) is 2.05. The topological polar surface area (TPSA) is 29.5 Å². The molecule has 0 saturated heterocycles. The monoisotopic (exact) mass is 186 g/mol. The third-order valence-corrected chi connectivity index (χ3v) is 3.33. The highest BCUT2D eigenvalue weighted by atomic mass is 16.5. The zero-order chi connectivity index (χ0) is 9.90. The Balaban J connectivity index is 2.42. The fourth-order valence-electron chi connectivity index (χ4n) is 2.29. The van der Waals surface area contributed by atoms with Crippen molar-refractivity contribution in [1.29, 1.82) is 0 Å². The molecule has 1 saturated carbocycles. The second-order valence-electron chi connectivity index (χ2n) is 4.75. The number of aliphatic hydroxyl groups is 1. The highest BCUT2D eigenvalue weighted by Crippen LogP contribution is 2.35. The highest BCUT2D eigenvalue weighted by molar-refractivity contribution is 4.85. The van der Waals surface area contributed by atoms with Crippen LogP contribution in [0.3, 0.4) is 0 Å². The molecule has 78 valence electrons. The van der Waals surface area contributed by atoms with Crippen molar-refractivity contribution < 1.29 is 9.84 Å². The maximum Gasteiger partial charge on any atom is 0.0879 e. The lowest BCUT2D eigenvalue weighted by molar-refractivity contribution is -0.0727. The van der Waals surface area contributed by atoms with Crippen LogP contribution in [0.1, 0.15) is 39.5 Å². The third-order valence-electron chi connectivity index (χ3n) is 3.33. The van der Waals surface area contributed by atoms with Crippen LogP contribution in [0.5, 0.6) is 0 Å². The summed E-state index contributed by atoms with van der Waals surface area (Å²) in [6.45, 7) is 4.66. The van der Waals surface area contributed by atoms with E-state index < -0.39 is 5.60 Å². The Morgan fingerprint density at radius 1 is 1.31 bits per heavy atom. The van der Waals surface area contributed by atoms with E-state index in [1.165, 1.54) is 12.8 Å². The van der Waals surface area contributed by atoms with Gasteiger partial charge in [-0.15, -0.1) is 0 Å². The van der Waals surface area contributed by atoms with E-state index in [0.717, 1.165) is 18.8 Å². The van der Waals surface area contributed by atoms with Gasteiger partial charge < -0.3 is 9.84 Å². The smallest absolute Gasteiger partial charge is 0.0879 e. The number of hydrogen-bond donors (Lipinski definition) is 1. The summed E-state index contributed by atoms with van der Waals surface area (Å²) < 4.78 is 5.04. The number of hydrogen-bond acceptors (Lipinski definition) is 2. The first kappa shape index (κ1) is 11.0. The second kappa shape index (κ2) is 4.43. The summed E-state index contributed by atoms with van der Waals surface area (Å²) in [4.78, 5) is 0. The minimum Gasteiger partial charge on any atom is -0.387 e. The maximum absolute atomic E-state index is 10.1. The van der Waals surface area contributed by atoms with Crippen molar-refractivity contribution in [1.82, 2.24) is 0 Å². The second-order valence-corrected chi connectivity index (χ2v) is 4.75. The first-order valence-electron chi connectivity index (χ1n) is 5.27. The normalized spacial score (nSPS) is 34.2. The van der Waals surface area contributed by atoms with Gasteiger partial charge in [0.2, 0.25) is 0 Å². The summed E-state index contributed by atoms with van der Waals surface area (Å²) >= 11 is 0. The van der Waals surface area contributed by atoms with Crippen molar-refractivity contribution in [2.24, 2.45) is 11.8 Å². The Kier molecular flexibility index (Phi) is 3.74. The molecule has 0 aromatic carbocycles. The lowest BCUT2D eigenvalue weighted by Crippen LogP contribution is -2.40. The van der Waals surface area contributed by atoms with Gasteiger partial charge in [-0.25, -0.2) is 0 Å². The minimum atomic E-state index is -0.616. The largest absolute Gasteiger partial charge is 0.387 e. The van der Waals surface area contributed by atoms with Gasteiger partial charge in [0.1, 0.15) is 0 Å². The van der Waals surface area contributed by atoms with Crippen LogP contribution in [-0.2, 0) is 4.74 Å². The van der Waals surface area contributed by atoms with E-state index in [4.69, 9.17) is 4.74 Å². The van der Waals surface area contributed by atoms with Crippen molar-refractivity contribution >= 4 is 0 Å². The molecule has 1 atom stereocenters. The van der Waals surface area contributed by atoms with E-state index in [-0.39, 0.29) is 0 Å². The molecule has 0 radical (unpaired) electrons. The molecule has 1 unspecified atom stereocenters. The van der Waals surface area contributed by atoms with E-state index >= 15 is 0 Å². The Labute approximate surface area is 81.3 Å². The van der Waals surface area contributed by atoms with Gasteiger partial charge in [-0.3, -0.25) is 0 Å². The van der Waals surface area contributed by atoms with Gasteiger partial charge >= 0.3 is 0 Å². The predicted octanol–water partition coefficient (Wildman–Crippen LogP) is 2.21. The van der Waals surface area contributed by atoms with E-state index in [0.29, 0.717) is 12.5 Å². The van der Waals surface area contributed by atoms with Gasteiger partial charge in [-0.1, -0.05) is 19.8 Å². The van der Waals surface area contributed by atoms with Gasteiger partial charge in [0.05, 0.1) is 12.2 Å². The van der Waals surface area contributed by atoms with Crippen molar-refractivity contribution in [2.45, 2.75) is 45.1 Å². The van der Waals surface area contributed by atoms with Crippen LogP contribution >= 0.6 is 0 Å². The quantitative estimate of drug-likeness (QED) is 0.732. The molecular weight excluding hydrogens is 164 g/mol. The molecule has 0 amide bonds. The molecule has 0 aliphatic heterocycles. The zero-order valence-electron chi connectivity index (χ0n) is 9.05. The van der Waals surface area contributed by atoms with E-state index in [1.54, 1.807) is 7.11 Å². The number of ether oxygens (including phenoxy) is 1. The van der Waals surface area contributed by atoms with Crippen molar-refractivity contribution in [3.8, 4) is 0 Å². The first-order valence-corrected chi connectivity index (χ1v) is 5.27. The van der Waals surface area contributed by atoms with Crippen LogP contribution in [-0.4, -0.2) is 24.4 Å². The summed E-state index contributed by atoms with van der Waals surface area (Å²) in [5.41, 5.74) is -0.616. The van der Waals surface area contributed by atoms with Gasteiger partial charge in [0, 0.05) is 7.11 Å². The van der Waals surface area contributed by atoms with Crippen LogP contribution in [0, 0.1) is 11.8 Å². The van der Waals surface area contributed by atoms with Crippen molar-refractivity contribution in [2.75, 3.05) is 13.7 Å². The summed E-state index contributed by atoms with van der Waals surface area (Å²) in [6.07, 6.45) is 4.81. The molecule has 1 aliphatic carbocycles. The Morgan fingerprint density at radius 2 is 1.85 bits per heavy atom. The fourth-order valence-corrected chi connectivity index (χ4v) is 2.29. The maximum atomic E-state index is 10.1. The Bertz CT molecular complexity index is 146. The number of methoxy groups -OCH3 is 1. The standard InChI is InChI=1S/C11H22O2/c1-9-4-6-10(7-5-9)11(2,12)8-13-3/h9-10,12H,4-8H2,1-3H3. The molecule has 13 heavy (non-hydrogen) atoms. The molecule has 0 aromatic rings. The summed E-state index contributed by atoms with van der Waals surface area (Å²) in [7, 11) is 1.65. The molecule has 1 aliphatic rings. The minimum absolute atomic E-state index is 0.434. The SMILES string of the molecule is COCC(C)(O)C1CCC(C)CC1. The first-order chi connectivity index (χ1) is 6.06. The molecule has 0 aromatic heterocycles. The average molecular weight is 186 g/mol. The van der Waals surface area contributed by atoms with Gasteiger partial charge in [0.25, 0.3) is 0 Å². The Hall–Kier alpha value is -0.0800. The molecule has 1 N–H and O–H groups in total. The molecule has 1 rings (SSSR count). The van der Waals surface area contributed by atoms with Crippen LogP contribution in [0.4, 0.5) is 0 Å². The molecular formula is C11H22O2. The molecule has 1 fully saturated rings. The summed E-state index contributed by atoms with van der Waals surface area (Å²) in [5.74, 6) is 1.28. The zero-order valence-corrected chi connectivity index (χ0v) is 9.05. The molecule has 0 heterocycles. The summed E-state index contributed by atoms with van der Waals surface area (Å²) in [6, 6.07) is 0. The van der Waals surface area contributed by atoms with Gasteiger partial charge in [0.15, 0.2) is 0 Å². The molecule has 0 bridgehead atoms. The molecule has 2 heteroatoms. The Morgan fingerprint density at radius 3 is 2.31 bits per heavy atom. The van der Waals surface area contributed by atoms with E-state index in [1.807, 2.05) is 6.92 Å². The highest BCUT2D eigenvalue weighted by Gasteiger charge is 2.33. The summed E-state index contributed by atoms with van der Waals surface area (Å²) in [5, 5.41) is 10.1. The lowest BCUT2D eigenvalue weighted by Gasteiger charge is -2.36. The molecule has 0 spiro atoms. The van der Waals surface area contributed by atoms with Crippen molar-refractivity contribution in [3.63, 3.8) is 0 Å². The van der Waals surface area contributed by atoms with Crippen LogP contribution in [0.15, 0.2) is 0 Å². The van der Waals surface area contributed by atoms with Crippen molar-refractivity contribution in [3.05, 3.63) is 0 Å². The van der Waals surface area contributed by atoms with Gasteiger partial charge in [-0.05, 0) is 31.6 Å². The van der Waals surface area contributed by atoms with Gasteiger partial charge in [-0.2, -0.15) is 0 Å².